The van der Waals surface area contributed by atoms with Crippen LogP contribution in [0, 0.1) is 6.92 Å². The van der Waals surface area contributed by atoms with E-state index in [0.717, 1.165) is 12.0 Å². The molecule has 2 heterocycles. The van der Waals surface area contributed by atoms with E-state index in [-0.39, 0.29) is 12.0 Å². The van der Waals surface area contributed by atoms with Gasteiger partial charge in [0, 0.05) is 18.8 Å². The van der Waals surface area contributed by atoms with Crippen LogP contribution < -0.4 is 0 Å². The van der Waals surface area contributed by atoms with Crippen LogP contribution in [-0.4, -0.2) is 53.2 Å². The number of aromatic nitrogens is 1. The number of aryl methyl sites for hydroxylation is 1. The van der Waals surface area contributed by atoms with Gasteiger partial charge in [-0.1, -0.05) is 13.3 Å². The maximum Gasteiger partial charge on any atom is 0.339 e. The minimum atomic E-state index is -0.412. The average molecular weight is 308 g/mol. The summed E-state index contributed by atoms with van der Waals surface area (Å²) in [7, 11) is 1.35. The third-order valence-corrected chi connectivity index (χ3v) is 4.15. The van der Waals surface area contributed by atoms with E-state index in [1.54, 1.807) is 11.8 Å². The summed E-state index contributed by atoms with van der Waals surface area (Å²) >= 11 is 0. The monoisotopic (exact) mass is 308 g/mol. The number of carbonyl (C=O) groups is 2. The first-order valence-corrected chi connectivity index (χ1v) is 7.76. The van der Waals surface area contributed by atoms with Gasteiger partial charge in [-0.25, -0.2) is 4.79 Å². The molecule has 1 amide bonds. The molecule has 1 aromatic heterocycles. The number of ether oxygens (including phenoxy) is 1. The number of rotatable bonds is 4. The molecule has 1 aliphatic rings. The molecule has 0 saturated carbocycles. The number of amides is 1. The fourth-order valence-corrected chi connectivity index (χ4v) is 2.96. The summed E-state index contributed by atoms with van der Waals surface area (Å²) in [5.41, 5.74) is 2.36. The lowest BCUT2D eigenvalue weighted by Crippen LogP contribution is -2.40. The van der Waals surface area contributed by atoms with Crippen molar-refractivity contribution in [2.24, 2.45) is 0 Å². The van der Waals surface area contributed by atoms with Crippen LogP contribution >= 0.6 is 0 Å². The largest absolute Gasteiger partial charge is 0.465 e. The van der Waals surface area contributed by atoms with Gasteiger partial charge in [0.2, 0.25) is 0 Å². The third kappa shape index (κ3) is 3.16. The van der Waals surface area contributed by atoms with E-state index in [1.807, 2.05) is 6.92 Å². The average Bonchev–Trinajstić information content (AvgIpc) is 2.83. The zero-order valence-corrected chi connectivity index (χ0v) is 13.4. The number of H-pyrrole nitrogens is 1. The Morgan fingerprint density at radius 3 is 2.55 bits per heavy atom. The van der Waals surface area contributed by atoms with Crippen LogP contribution in [-0.2, 0) is 11.2 Å². The molecule has 6 heteroatoms. The lowest BCUT2D eigenvalue weighted by Gasteiger charge is -2.29. The SMILES string of the molecule is CCCc1c(C(=O)N2CCC(O)CC2)[nH]c(C)c1C(=O)OC. The highest BCUT2D eigenvalue weighted by atomic mass is 16.5. The van der Waals surface area contributed by atoms with E-state index >= 15 is 0 Å². The number of carbonyl (C=O) groups excluding carboxylic acids is 2. The molecule has 0 spiro atoms. The summed E-state index contributed by atoms with van der Waals surface area (Å²) in [6.07, 6.45) is 2.35. The number of aliphatic hydroxyl groups is 1. The highest BCUT2D eigenvalue weighted by molar-refractivity contribution is 6.00. The van der Waals surface area contributed by atoms with Crippen molar-refractivity contribution >= 4 is 11.9 Å². The molecule has 0 aromatic carbocycles. The van der Waals surface area contributed by atoms with Gasteiger partial charge < -0.3 is 19.7 Å². The van der Waals surface area contributed by atoms with E-state index in [0.29, 0.717) is 49.3 Å². The number of aromatic amines is 1. The standard InChI is InChI=1S/C16H24N2O4/c1-4-5-12-13(16(21)22-3)10(2)17-14(12)15(20)18-8-6-11(19)7-9-18/h11,17,19H,4-9H2,1-3H3. The molecule has 1 fully saturated rings. The summed E-state index contributed by atoms with van der Waals surface area (Å²) in [6, 6.07) is 0. The molecule has 0 radical (unpaired) electrons. The zero-order chi connectivity index (χ0) is 16.3. The molecular formula is C16H24N2O4. The molecule has 22 heavy (non-hydrogen) atoms. The van der Waals surface area contributed by atoms with Crippen LogP contribution in [0.25, 0.3) is 0 Å². The van der Waals surface area contributed by atoms with Gasteiger partial charge in [-0.2, -0.15) is 0 Å². The Bertz CT molecular complexity index is 557. The van der Waals surface area contributed by atoms with Gasteiger partial charge in [-0.05, 0) is 31.7 Å². The Kier molecular flexibility index (Phi) is 5.24. The van der Waals surface area contributed by atoms with Gasteiger partial charge in [-0.15, -0.1) is 0 Å². The second kappa shape index (κ2) is 6.96. The van der Waals surface area contributed by atoms with Crippen molar-refractivity contribution in [3.63, 3.8) is 0 Å². The Hall–Kier alpha value is -1.82. The smallest absolute Gasteiger partial charge is 0.339 e. The van der Waals surface area contributed by atoms with Gasteiger partial charge in [0.1, 0.15) is 5.69 Å². The van der Waals surface area contributed by atoms with E-state index in [9.17, 15) is 14.7 Å². The molecule has 0 atom stereocenters. The van der Waals surface area contributed by atoms with Crippen molar-refractivity contribution in [2.75, 3.05) is 20.2 Å². The fourth-order valence-electron chi connectivity index (χ4n) is 2.96. The molecule has 0 unspecified atom stereocenters. The summed E-state index contributed by atoms with van der Waals surface area (Å²) in [5.74, 6) is -0.515. The van der Waals surface area contributed by atoms with Crippen LogP contribution in [0.5, 0.6) is 0 Å². The number of nitrogens with one attached hydrogen (secondary N) is 1. The van der Waals surface area contributed by atoms with Gasteiger partial charge in [0.15, 0.2) is 0 Å². The number of piperidine rings is 1. The van der Waals surface area contributed by atoms with Gasteiger partial charge in [-0.3, -0.25) is 4.79 Å². The summed E-state index contributed by atoms with van der Waals surface area (Å²) in [4.78, 5) is 29.5. The van der Waals surface area contributed by atoms with Gasteiger partial charge in [0.25, 0.3) is 5.91 Å². The maximum atomic E-state index is 12.7. The van der Waals surface area contributed by atoms with E-state index < -0.39 is 5.97 Å². The normalized spacial score (nSPS) is 15.9. The summed E-state index contributed by atoms with van der Waals surface area (Å²) < 4.78 is 4.84. The van der Waals surface area contributed by atoms with Crippen molar-refractivity contribution in [1.29, 1.82) is 0 Å². The highest BCUT2D eigenvalue weighted by Crippen LogP contribution is 2.24. The Morgan fingerprint density at radius 2 is 2.00 bits per heavy atom. The first-order valence-electron chi connectivity index (χ1n) is 7.76. The van der Waals surface area contributed by atoms with Gasteiger partial charge in [0.05, 0.1) is 18.8 Å². The zero-order valence-electron chi connectivity index (χ0n) is 13.4. The molecule has 0 aliphatic carbocycles. The van der Waals surface area contributed by atoms with Crippen molar-refractivity contribution in [3.05, 3.63) is 22.5 Å². The first-order chi connectivity index (χ1) is 10.5. The number of hydrogen-bond acceptors (Lipinski definition) is 4. The van der Waals surface area contributed by atoms with Crippen LogP contribution in [0.1, 0.15) is 58.3 Å². The predicted octanol–water partition coefficient (Wildman–Crippen LogP) is 1.66. The van der Waals surface area contributed by atoms with Gasteiger partial charge >= 0.3 is 5.97 Å². The number of hydrogen-bond donors (Lipinski definition) is 2. The molecule has 122 valence electrons. The van der Waals surface area contributed by atoms with Crippen LogP contribution in [0.15, 0.2) is 0 Å². The Morgan fingerprint density at radius 1 is 1.36 bits per heavy atom. The van der Waals surface area contributed by atoms with Crippen molar-refractivity contribution < 1.29 is 19.4 Å². The quantitative estimate of drug-likeness (QED) is 0.829. The third-order valence-electron chi connectivity index (χ3n) is 4.15. The Labute approximate surface area is 130 Å². The van der Waals surface area contributed by atoms with Crippen LogP contribution in [0.2, 0.25) is 0 Å². The number of likely N-dealkylation sites (tertiary alicyclic amines) is 1. The van der Waals surface area contributed by atoms with Crippen LogP contribution in [0.3, 0.4) is 0 Å². The molecule has 1 saturated heterocycles. The topological polar surface area (TPSA) is 82.6 Å². The van der Waals surface area contributed by atoms with E-state index in [1.165, 1.54) is 7.11 Å². The molecule has 1 aromatic rings. The summed E-state index contributed by atoms with van der Waals surface area (Å²) in [6.45, 7) is 4.87. The van der Waals surface area contributed by atoms with E-state index in [2.05, 4.69) is 4.98 Å². The van der Waals surface area contributed by atoms with Crippen molar-refractivity contribution in [3.8, 4) is 0 Å². The van der Waals surface area contributed by atoms with Crippen LogP contribution in [0.4, 0.5) is 0 Å². The minimum absolute atomic E-state index is 0.103. The molecular weight excluding hydrogens is 284 g/mol. The Balaban J connectivity index is 2.33. The molecule has 6 nitrogen and oxygen atoms in total. The molecule has 2 rings (SSSR count). The number of aliphatic hydroxyl groups excluding tert-OH is 1. The second-order valence-corrected chi connectivity index (χ2v) is 5.74. The fraction of sp³-hybridized carbons (Fsp3) is 0.625. The molecule has 0 bridgehead atoms. The second-order valence-electron chi connectivity index (χ2n) is 5.74. The van der Waals surface area contributed by atoms with Crippen molar-refractivity contribution in [2.45, 2.75) is 45.6 Å². The number of nitrogens with zero attached hydrogens (tertiary/aromatic N) is 1. The number of methoxy groups -OCH3 is 1. The summed E-state index contributed by atoms with van der Waals surface area (Å²) in [5, 5.41) is 9.56. The highest BCUT2D eigenvalue weighted by Gasteiger charge is 2.29. The molecule has 2 N–H and O–H groups in total. The lowest BCUT2D eigenvalue weighted by molar-refractivity contribution is 0.0541. The van der Waals surface area contributed by atoms with E-state index in [4.69, 9.17) is 4.74 Å². The maximum absolute atomic E-state index is 12.7. The predicted molar refractivity (Wildman–Crippen MR) is 82.0 cm³/mol. The number of esters is 1. The minimum Gasteiger partial charge on any atom is -0.465 e. The first kappa shape index (κ1) is 16.5. The van der Waals surface area contributed by atoms with Crippen molar-refractivity contribution in [1.82, 2.24) is 9.88 Å². The molecule has 1 aliphatic heterocycles. The lowest BCUT2D eigenvalue weighted by atomic mass is 10.0.